The summed E-state index contributed by atoms with van der Waals surface area (Å²) in [5.74, 6) is 0.506. The van der Waals surface area contributed by atoms with Gasteiger partial charge in [-0.25, -0.2) is 13.2 Å². The molecule has 146 valence electrons. The van der Waals surface area contributed by atoms with Gasteiger partial charge in [0.15, 0.2) is 5.96 Å². The van der Waals surface area contributed by atoms with Crippen LogP contribution >= 0.6 is 15.9 Å². The number of aryl methyl sites for hydroxylation is 1. The van der Waals surface area contributed by atoms with Gasteiger partial charge in [-0.05, 0) is 43.4 Å². The summed E-state index contributed by atoms with van der Waals surface area (Å²) in [6.07, 6.45) is 0.792. The number of rotatable bonds is 7. The van der Waals surface area contributed by atoms with E-state index in [1.807, 2.05) is 6.07 Å². The zero-order valence-electron chi connectivity index (χ0n) is 14.9. The molecule has 0 aliphatic carbocycles. The largest absolute Gasteiger partial charge is 0.356 e. The van der Waals surface area contributed by atoms with Gasteiger partial charge in [-0.1, -0.05) is 22.0 Å². The molecule has 1 saturated heterocycles. The summed E-state index contributed by atoms with van der Waals surface area (Å²) in [6, 6.07) is 5.34. The van der Waals surface area contributed by atoms with E-state index in [1.165, 1.54) is 6.07 Å². The van der Waals surface area contributed by atoms with Crippen molar-refractivity contribution in [2.45, 2.75) is 38.2 Å². The van der Waals surface area contributed by atoms with Crippen LogP contribution in [0.25, 0.3) is 0 Å². The van der Waals surface area contributed by atoms with Gasteiger partial charge in [0.25, 0.3) is 6.43 Å². The van der Waals surface area contributed by atoms with Crippen molar-refractivity contribution in [2.75, 3.05) is 33.2 Å². The Kier molecular flexibility index (Phi) is 8.71. The fraction of sp³-hybridized carbons (Fsp3) is 0.611. The number of hydrogen-bond acceptors (Lipinski definition) is 2. The molecule has 0 bridgehead atoms. The molecule has 8 heteroatoms. The standard InChI is InChI=1S/C18H26BrF3N4/c1-23-18(25-15-6-9-26(10-7-15)12-17(21)22)24-8-2-3-13-4-5-14(19)11-16(13)20/h4-5,11,15,17H,2-3,6-10,12H2,1H3,(H2,23,24,25). The summed E-state index contributed by atoms with van der Waals surface area (Å²) >= 11 is 3.25. The lowest BCUT2D eigenvalue weighted by molar-refractivity contribution is 0.0744. The van der Waals surface area contributed by atoms with Crippen molar-refractivity contribution >= 4 is 21.9 Å². The van der Waals surface area contributed by atoms with Gasteiger partial charge in [0.2, 0.25) is 0 Å². The highest BCUT2D eigenvalue weighted by Crippen LogP contribution is 2.16. The van der Waals surface area contributed by atoms with Crippen LogP contribution in [0.2, 0.25) is 0 Å². The number of nitrogens with zero attached hydrogens (tertiary/aromatic N) is 2. The SMILES string of the molecule is CN=C(NCCCc1ccc(Br)cc1F)NC1CCN(CC(F)F)CC1. The molecule has 2 N–H and O–H groups in total. The van der Waals surface area contributed by atoms with Crippen LogP contribution in [0.1, 0.15) is 24.8 Å². The molecule has 0 atom stereocenters. The first kappa shape index (κ1) is 21.0. The van der Waals surface area contributed by atoms with Gasteiger partial charge < -0.3 is 10.6 Å². The summed E-state index contributed by atoms with van der Waals surface area (Å²) in [4.78, 5) is 6.00. The van der Waals surface area contributed by atoms with Crippen molar-refractivity contribution in [3.63, 3.8) is 0 Å². The van der Waals surface area contributed by atoms with Crippen LogP contribution in [0, 0.1) is 5.82 Å². The van der Waals surface area contributed by atoms with E-state index in [0.717, 1.165) is 23.7 Å². The molecule has 1 aliphatic heterocycles. The van der Waals surface area contributed by atoms with Crippen molar-refractivity contribution in [1.29, 1.82) is 0 Å². The molecule has 2 rings (SSSR count). The quantitative estimate of drug-likeness (QED) is 0.392. The fourth-order valence-electron chi connectivity index (χ4n) is 3.05. The zero-order chi connectivity index (χ0) is 18.9. The maximum absolute atomic E-state index is 13.8. The molecule has 0 amide bonds. The van der Waals surface area contributed by atoms with Crippen LogP contribution in [-0.4, -0.2) is 56.6 Å². The number of benzene rings is 1. The molecule has 26 heavy (non-hydrogen) atoms. The highest BCUT2D eigenvalue weighted by atomic mass is 79.9. The smallest absolute Gasteiger partial charge is 0.251 e. The highest BCUT2D eigenvalue weighted by molar-refractivity contribution is 9.10. The first-order valence-electron chi connectivity index (χ1n) is 8.89. The second-order valence-corrected chi connectivity index (χ2v) is 7.36. The van der Waals surface area contributed by atoms with Crippen molar-refractivity contribution in [3.8, 4) is 0 Å². The third-order valence-corrected chi connectivity index (χ3v) is 4.97. The normalized spacial score (nSPS) is 16.9. The second-order valence-electron chi connectivity index (χ2n) is 6.45. The van der Waals surface area contributed by atoms with Gasteiger partial charge in [-0.3, -0.25) is 9.89 Å². The van der Waals surface area contributed by atoms with Gasteiger partial charge in [-0.15, -0.1) is 0 Å². The predicted molar refractivity (Wildman–Crippen MR) is 102 cm³/mol. The minimum absolute atomic E-state index is 0.147. The van der Waals surface area contributed by atoms with E-state index < -0.39 is 6.43 Å². The predicted octanol–water partition coefficient (Wildman–Crippen LogP) is 3.42. The average Bonchev–Trinajstić information content (AvgIpc) is 2.60. The third-order valence-electron chi connectivity index (χ3n) is 4.48. The minimum atomic E-state index is -2.27. The van der Waals surface area contributed by atoms with E-state index in [4.69, 9.17) is 0 Å². The molecule has 4 nitrogen and oxygen atoms in total. The molecule has 0 unspecified atom stereocenters. The fourth-order valence-corrected chi connectivity index (χ4v) is 3.39. The molecule has 1 aliphatic rings. The molecule has 0 radical (unpaired) electrons. The Labute approximate surface area is 161 Å². The molecule has 1 aromatic rings. The van der Waals surface area contributed by atoms with Crippen LogP contribution in [0.4, 0.5) is 13.2 Å². The minimum Gasteiger partial charge on any atom is -0.356 e. The zero-order valence-corrected chi connectivity index (χ0v) is 16.5. The van der Waals surface area contributed by atoms with Gasteiger partial charge in [-0.2, -0.15) is 0 Å². The number of guanidine groups is 1. The van der Waals surface area contributed by atoms with E-state index >= 15 is 0 Å². The number of nitrogens with one attached hydrogen (secondary N) is 2. The summed E-state index contributed by atoms with van der Waals surface area (Å²) in [5, 5.41) is 6.58. The van der Waals surface area contributed by atoms with E-state index in [-0.39, 0.29) is 18.4 Å². The first-order chi connectivity index (χ1) is 12.5. The Balaban J connectivity index is 1.67. The van der Waals surface area contributed by atoms with E-state index in [2.05, 4.69) is 31.6 Å². The van der Waals surface area contributed by atoms with Crippen LogP contribution in [0.15, 0.2) is 27.7 Å². The second kappa shape index (κ2) is 10.8. The van der Waals surface area contributed by atoms with Crippen molar-refractivity contribution in [1.82, 2.24) is 15.5 Å². The Hall–Kier alpha value is -1.28. The number of aliphatic imine (C=N–C) groups is 1. The third kappa shape index (κ3) is 7.15. The Morgan fingerprint density at radius 1 is 1.35 bits per heavy atom. The van der Waals surface area contributed by atoms with Gasteiger partial charge >= 0.3 is 0 Å². The molecule has 1 heterocycles. The molecule has 1 fully saturated rings. The van der Waals surface area contributed by atoms with E-state index in [1.54, 1.807) is 18.0 Å². The molecule has 0 spiro atoms. The van der Waals surface area contributed by atoms with E-state index in [0.29, 0.717) is 37.6 Å². The van der Waals surface area contributed by atoms with Crippen molar-refractivity contribution in [2.24, 2.45) is 4.99 Å². The lowest BCUT2D eigenvalue weighted by Crippen LogP contribution is -2.49. The number of piperidine rings is 1. The lowest BCUT2D eigenvalue weighted by Gasteiger charge is -2.32. The van der Waals surface area contributed by atoms with Crippen LogP contribution in [0.5, 0.6) is 0 Å². The monoisotopic (exact) mass is 434 g/mol. The lowest BCUT2D eigenvalue weighted by atomic mass is 10.1. The summed E-state index contributed by atoms with van der Waals surface area (Å²) < 4.78 is 39.3. The maximum Gasteiger partial charge on any atom is 0.251 e. The van der Waals surface area contributed by atoms with Gasteiger partial charge in [0, 0.05) is 37.2 Å². The summed E-state index contributed by atoms with van der Waals surface area (Å²) in [5.41, 5.74) is 0.698. The maximum atomic E-state index is 13.8. The molecule has 0 saturated carbocycles. The van der Waals surface area contributed by atoms with Crippen molar-refractivity contribution < 1.29 is 13.2 Å². The number of halogens is 4. The topological polar surface area (TPSA) is 39.7 Å². The summed E-state index contributed by atoms with van der Waals surface area (Å²) in [7, 11) is 1.70. The Morgan fingerprint density at radius 3 is 2.69 bits per heavy atom. The van der Waals surface area contributed by atoms with E-state index in [9.17, 15) is 13.2 Å². The molecule has 0 aromatic heterocycles. The highest BCUT2D eigenvalue weighted by Gasteiger charge is 2.21. The number of hydrogen-bond donors (Lipinski definition) is 2. The molecular weight excluding hydrogens is 409 g/mol. The molecule has 1 aromatic carbocycles. The van der Waals surface area contributed by atoms with Gasteiger partial charge in [0.05, 0.1) is 6.54 Å². The Morgan fingerprint density at radius 2 is 2.08 bits per heavy atom. The Bertz CT molecular complexity index is 590. The van der Waals surface area contributed by atoms with Crippen LogP contribution in [-0.2, 0) is 6.42 Å². The van der Waals surface area contributed by atoms with Crippen molar-refractivity contribution in [3.05, 3.63) is 34.1 Å². The molecular formula is C18H26BrF3N4. The first-order valence-corrected chi connectivity index (χ1v) is 9.69. The number of likely N-dealkylation sites (tertiary alicyclic amines) is 1. The number of alkyl halides is 2. The summed E-state index contributed by atoms with van der Waals surface area (Å²) in [6.45, 7) is 1.87. The van der Waals surface area contributed by atoms with Crippen LogP contribution < -0.4 is 10.6 Å². The van der Waals surface area contributed by atoms with Gasteiger partial charge in [0.1, 0.15) is 5.82 Å². The average molecular weight is 435 g/mol. The van der Waals surface area contributed by atoms with Crippen LogP contribution in [0.3, 0.4) is 0 Å².